The van der Waals surface area contributed by atoms with E-state index in [0.29, 0.717) is 16.9 Å². The quantitative estimate of drug-likeness (QED) is 0.346. The highest BCUT2D eigenvalue weighted by atomic mass is 16.6. The second-order valence-electron chi connectivity index (χ2n) is 4.87. The van der Waals surface area contributed by atoms with E-state index in [0.717, 1.165) is 0 Å². The number of nitrogens with one attached hydrogen (secondary N) is 3. The second kappa shape index (κ2) is 5.33. The molecule has 1 aromatic heterocycles. The van der Waals surface area contributed by atoms with Gasteiger partial charge in [0.15, 0.2) is 0 Å². The lowest BCUT2D eigenvalue weighted by Crippen LogP contribution is -2.30. The topological polar surface area (TPSA) is 150 Å². The summed E-state index contributed by atoms with van der Waals surface area (Å²) in [6.45, 7) is 0.181. The lowest BCUT2D eigenvalue weighted by atomic mass is 10.1. The number of fused-ring (bicyclic) bond motifs is 1. The minimum absolute atomic E-state index is 0.181. The van der Waals surface area contributed by atoms with Crippen molar-refractivity contribution < 1.29 is 4.92 Å². The van der Waals surface area contributed by atoms with Crippen LogP contribution in [0.4, 0.5) is 5.69 Å². The first-order valence-electron chi connectivity index (χ1n) is 6.54. The molecule has 0 fully saturated rings. The van der Waals surface area contributed by atoms with Gasteiger partial charge >= 0.3 is 11.1 Å². The monoisotopic (exact) mass is 316 g/mol. The molecule has 2 aromatic rings. The van der Waals surface area contributed by atoms with Gasteiger partial charge in [0, 0.05) is 36.3 Å². The normalized spacial score (nSPS) is 13.7. The van der Waals surface area contributed by atoms with Gasteiger partial charge in [-0.15, -0.1) is 0 Å². The number of rotatable bonds is 3. The summed E-state index contributed by atoms with van der Waals surface area (Å²) in [4.78, 5) is 39.9. The Labute approximate surface area is 128 Å². The van der Waals surface area contributed by atoms with Crippen LogP contribution in [-0.2, 0) is 6.54 Å². The van der Waals surface area contributed by atoms with E-state index in [1.165, 1.54) is 12.1 Å². The molecule has 0 saturated carbocycles. The fraction of sp³-hybridized carbons (Fsp3) is 0.0769. The highest BCUT2D eigenvalue weighted by Gasteiger charge is 2.16. The van der Waals surface area contributed by atoms with E-state index in [1.54, 1.807) is 23.5 Å². The number of nitrogens with two attached hydrogens (primary N) is 1. The molecule has 10 nitrogen and oxygen atoms in total. The molecule has 10 heteroatoms. The molecule has 0 aliphatic carbocycles. The van der Waals surface area contributed by atoms with Crippen LogP contribution in [0.1, 0.15) is 5.56 Å². The number of aromatic nitrogens is 2. The van der Waals surface area contributed by atoms with E-state index in [-0.39, 0.29) is 17.7 Å². The Balaban J connectivity index is 2.19. The van der Waals surface area contributed by atoms with Gasteiger partial charge in [0.1, 0.15) is 5.82 Å². The van der Waals surface area contributed by atoms with Gasteiger partial charge in [-0.05, 0) is 0 Å². The van der Waals surface area contributed by atoms with Crippen molar-refractivity contribution in [3.63, 3.8) is 0 Å². The van der Waals surface area contributed by atoms with E-state index < -0.39 is 16.0 Å². The van der Waals surface area contributed by atoms with Crippen LogP contribution < -0.4 is 22.2 Å². The Bertz CT molecular complexity index is 971. The van der Waals surface area contributed by atoms with Crippen molar-refractivity contribution in [3.05, 3.63) is 72.9 Å². The van der Waals surface area contributed by atoms with Crippen LogP contribution in [0.5, 0.6) is 0 Å². The van der Waals surface area contributed by atoms with Gasteiger partial charge in [0.2, 0.25) is 0 Å². The third kappa shape index (κ3) is 2.64. The van der Waals surface area contributed by atoms with Crippen LogP contribution in [0.2, 0.25) is 0 Å². The average molecular weight is 316 g/mol. The molecule has 1 aromatic carbocycles. The number of nitrogens with zero attached hydrogens (tertiary/aromatic N) is 2. The fourth-order valence-electron chi connectivity index (χ4n) is 2.27. The van der Waals surface area contributed by atoms with Crippen LogP contribution in [0.25, 0.3) is 11.0 Å². The number of nitro groups is 1. The number of non-ortho nitro benzene ring substituents is 1. The van der Waals surface area contributed by atoms with Crippen LogP contribution >= 0.6 is 0 Å². The van der Waals surface area contributed by atoms with Gasteiger partial charge < -0.3 is 25.9 Å². The molecule has 0 atom stereocenters. The zero-order valence-corrected chi connectivity index (χ0v) is 11.7. The van der Waals surface area contributed by atoms with Crippen molar-refractivity contribution in [2.24, 2.45) is 5.73 Å². The number of benzene rings is 1. The fourth-order valence-corrected chi connectivity index (χ4v) is 2.27. The minimum atomic E-state index is -0.870. The molecule has 0 spiro atoms. The molecule has 1 aliphatic heterocycles. The van der Waals surface area contributed by atoms with E-state index >= 15 is 0 Å². The first-order valence-corrected chi connectivity index (χ1v) is 6.54. The van der Waals surface area contributed by atoms with Crippen molar-refractivity contribution in [2.45, 2.75) is 6.54 Å². The number of H-pyrrole nitrogens is 2. The molecule has 2 heterocycles. The zero-order valence-electron chi connectivity index (χ0n) is 11.7. The summed E-state index contributed by atoms with van der Waals surface area (Å²) < 4.78 is 0. The summed E-state index contributed by atoms with van der Waals surface area (Å²) >= 11 is 0. The van der Waals surface area contributed by atoms with Gasteiger partial charge in [-0.1, -0.05) is 0 Å². The first-order chi connectivity index (χ1) is 11.0. The summed E-state index contributed by atoms with van der Waals surface area (Å²) in [5, 5.41) is 13.9. The summed E-state index contributed by atoms with van der Waals surface area (Å²) in [7, 11) is 0. The maximum Gasteiger partial charge on any atom is 0.314 e. The lowest BCUT2D eigenvalue weighted by molar-refractivity contribution is -0.384. The largest absolute Gasteiger partial charge is 0.384 e. The van der Waals surface area contributed by atoms with Crippen molar-refractivity contribution in [1.29, 1.82) is 0 Å². The molecular formula is C13H12N6O4. The molecule has 0 amide bonds. The van der Waals surface area contributed by atoms with Crippen molar-refractivity contribution in [3.8, 4) is 0 Å². The van der Waals surface area contributed by atoms with E-state index in [9.17, 15) is 19.7 Å². The lowest BCUT2D eigenvalue weighted by Gasteiger charge is -2.23. The molecule has 0 saturated heterocycles. The van der Waals surface area contributed by atoms with Gasteiger partial charge in [-0.25, -0.2) is 0 Å². The summed E-state index contributed by atoms with van der Waals surface area (Å²) in [5.41, 5.74) is 4.89. The Hall–Kier alpha value is -3.56. The Morgan fingerprint density at radius 3 is 2.65 bits per heavy atom. The Morgan fingerprint density at radius 1 is 1.22 bits per heavy atom. The molecule has 0 radical (unpaired) electrons. The third-order valence-electron chi connectivity index (χ3n) is 3.36. The van der Waals surface area contributed by atoms with E-state index in [2.05, 4.69) is 15.3 Å². The SMILES string of the molecule is NC1=CNC=CN1Cc1cc([N+](=O)[O-])cc2[nH]c(=O)c(=O)[nH]c12. The first kappa shape index (κ1) is 14.4. The molecule has 3 rings (SSSR count). The standard InChI is InChI=1S/C13H12N6O4/c14-10-5-15-1-2-18(10)6-7-3-8(19(22)23)4-9-11(7)17-13(21)12(20)16-9/h1-5,15H,6,14H2,(H,16,20)(H,17,21). The molecule has 0 unspecified atom stereocenters. The van der Waals surface area contributed by atoms with Gasteiger partial charge in [-0.2, -0.15) is 0 Å². The van der Waals surface area contributed by atoms with Crippen molar-refractivity contribution in [1.82, 2.24) is 20.2 Å². The van der Waals surface area contributed by atoms with Crippen molar-refractivity contribution in [2.75, 3.05) is 0 Å². The molecule has 5 N–H and O–H groups in total. The Morgan fingerprint density at radius 2 is 1.96 bits per heavy atom. The van der Waals surface area contributed by atoms with E-state index in [4.69, 9.17) is 5.73 Å². The zero-order chi connectivity index (χ0) is 16.6. The van der Waals surface area contributed by atoms with Crippen molar-refractivity contribution >= 4 is 16.7 Å². The predicted molar refractivity (Wildman–Crippen MR) is 81.9 cm³/mol. The third-order valence-corrected chi connectivity index (χ3v) is 3.36. The molecular weight excluding hydrogens is 304 g/mol. The molecule has 23 heavy (non-hydrogen) atoms. The Kier molecular flexibility index (Phi) is 3.33. The highest BCUT2D eigenvalue weighted by Crippen LogP contribution is 2.23. The van der Waals surface area contributed by atoms with Gasteiger partial charge in [0.25, 0.3) is 5.69 Å². The molecule has 1 aliphatic rings. The maximum absolute atomic E-state index is 11.6. The number of aromatic amines is 2. The second-order valence-corrected chi connectivity index (χ2v) is 4.87. The minimum Gasteiger partial charge on any atom is -0.384 e. The van der Waals surface area contributed by atoms with Gasteiger partial charge in [-0.3, -0.25) is 19.7 Å². The maximum atomic E-state index is 11.6. The van der Waals surface area contributed by atoms with Crippen LogP contribution in [0, 0.1) is 10.1 Å². The van der Waals surface area contributed by atoms with E-state index in [1.807, 2.05) is 0 Å². The number of hydrogen-bond acceptors (Lipinski definition) is 7. The summed E-state index contributed by atoms with van der Waals surface area (Å²) in [6.07, 6.45) is 4.86. The average Bonchev–Trinajstić information content (AvgIpc) is 2.51. The van der Waals surface area contributed by atoms with Crippen LogP contribution in [0.15, 0.2) is 46.1 Å². The summed E-state index contributed by atoms with van der Waals surface area (Å²) in [6, 6.07) is 2.53. The number of nitro benzene ring substituents is 1. The predicted octanol–water partition coefficient (Wildman–Crippen LogP) is -0.241. The molecule has 118 valence electrons. The number of hydrogen-bond donors (Lipinski definition) is 4. The van der Waals surface area contributed by atoms with Crippen LogP contribution in [-0.4, -0.2) is 19.8 Å². The highest BCUT2D eigenvalue weighted by molar-refractivity contribution is 5.80. The smallest absolute Gasteiger partial charge is 0.314 e. The molecule has 0 bridgehead atoms. The van der Waals surface area contributed by atoms with Gasteiger partial charge in [0.05, 0.1) is 22.5 Å². The summed E-state index contributed by atoms with van der Waals surface area (Å²) in [5.74, 6) is 0.402. The van der Waals surface area contributed by atoms with Crippen LogP contribution in [0.3, 0.4) is 0 Å².